The van der Waals surface area contributed by atoms with Crippen LogP contribution in [0, 0.1) is 22.7 Å². The van der Waals surface area contributed by atoms with Crippen molar-refractivity contribution in [2.75, 3.05) is 0 Å². The van der Waals surface area contributed by atoms with Crippen LogP contribution >= 0.6 is 0 Å². The zero-order valence-electron chi connectivity index (χ0n) is 34.4. The van der Waals surface area contributed by atoms with Gasteiger partial charge in [0, 0.05) is 50.6 Å². The molecule has 0 fully saturated rings. The standard InChI is InChI=1S/C61H33N3/c62-30-36-28-48-54(56-50(36)52-38-14-4-6-16-40(38)53(56)41-17-7-5-15-39(41)52)44-26-35(34-24-22-33(23-25-34)32-12-2-1-3-13-32)27-45-55-49(64(48)60(44)45)29-37(31-63)51-57(55)59-43-19-9-11-21-47(43)61(59)46-20-10-8-18-42(46)58(51)61/h1-29,52-53,58-59H. The first-order chi connectivity index (χ1) is 31.7. The van der Waals surface area contributed by atoms with Crippen molar-refractivity contribution in [3.05, 3.63) is 254 Å². The molecule has 64 heavy (non-hydrogen) atoms. The van der Waals surface area contributed by atoms with Crippen LogP contribution in [-0.4, -0.2) is 4.40 Å². The Morgan fingerprint density at radius 3 is 1.36 bits per heavy atom. The van der Waals surface area contributed by atoms with E-state index in [-0.39, 0.29) is 29.1 Å². The Morgan fingerprint density at radius 2 is 0.812 bits per heavy atom. The lowest BCUT2D eigenvalue weighted by molar-refractivity contribution is 0.333. The maximum atomic E-state index is 11.3. The fourth-order valence-electron chi connectivity index (χ4n) is 14.3. The zero-order chi connectivity index (χ0) is 41.7. The van der Waals surface area contributed by atoms with Gasteiger partial charge in [-0.15, -0.1) is 0 Å². The lowest BCUT2D eigenvalue weighted by Gasteiger charge is -2.58. The third kappa shape index (κ3) is 3.53. The van der Waals surface area contributed by atoms with Crippen molar-refractivity contribution < 1.29 is 0 Å². The Balaban J connectivity index is 1.08. The van der Waals surface area contributed by atoms with Gasteiger partial charge >= 0.3 is 0 Å². The normalized spacial score (nSPS) is 20.8. The number of hydrogen-bond donors (Lipinski definition) is 0. The number of hydrogen-bond acceptors (Lipinski definition) is 2. The summed E-state index contributed by atoms with van der Waals surface area (Å²) in [5.74, 6) is 0.196. The number of rotatable bonds is 2. The highest BCUT2D eigenvalue weighted by molar-refractivity contribution is 6.27. The minimum atomic E-state index is -0.188. The molecule has 6 aliphatic rings. The zero-order valence-corrected chi connectivity index (χ0v) is 34.4. The number of nitrogens with zero attached hydrogens (tertiary/aromatic N) is 3. The summed E-state index contributed by atoms with van der Waals surface area (Å²) in [5.41, 5.74) is 25.0. The van der Waals surface area contributed by atoms with Gasteiger partial charge in [0.15, 0.2) is 0 Å². The molecule has 17 rings (SSSR count). The van der Waals surface area contributed by atoms with E-state index in [1.54, 1.807) is 0 Å². The van der Waals surface area contributed by atoms with Crippen molar-refractivity contribution in [3.63, 3.8) is 0 Å². The van der Waals surface area contributed by atoms with Crippen LogP contribution in [0.3, 0.4) is 0 Å². The maximum Gasteiger partial charge on any atom is 0.0995 e. The summed E-state index contributed by atoms with van der Waals surface area (Å²) >= 11 is 0. The van der Waals surface area contributed by atoms with Crippen LogP contribution in [0.5, 0.6) is 0 Å². The minimum Gasteiger partial charge on any atom is -0.308 e. The van der Waals surface area contributed by atoms with Crippen molar-refractivity contribution in [2.24, 2.45) is 0 Å². The molecule has 292 valence electrons. The molecule has 0 saturated heterocycles. The van der Waals surface area contributed by atoms with Crippen LogP contribution < -0.4 is 0 Å². The van der Waals surface area contributed by atoms with E-state index < -0.39 is 0 Å². The summed E-state index contributed by atoms with van der Waals surface area (Å²) < 4.78 is 2.45. The molecule has 11 aromatic rings. The minimum absolute atomic E-state index is 0.0198. The molecule has 0 N–H and O–H groups in total. The topological polar surface area (TPSA) is 52.0 Å². The molecule has 2 bridgehead atoms. The van der Waals surface area contributed by atoms with Gasteiger partial charge in [0.1, 0.15) is 0 Å². The monoisotopic (exact) mass is 807 g/mol. The van der Waals surface area contributed by atoms with Gasteiger partial charge in [-0.25, -0.2) is 0 Å². The number of fused-ring (bicyclic) bond motifs is 14. The summed E-state index contributed by atoms with van der Waals surface area (Å²) in [7, 11) is 0. The summed E-state index contributed by atoms with van der Waals surface area (Å²) in [6.45, 7) is 0. The molecule has 3 nitrogen and oxygen atoms in total. The Hall–Kier alpha value is -8.24. The van der Waals surface area contributed by atoms with Gasteiger partial charge in [-0.1, -0.05) is 152 Å². The molecule has 3 heteroatoms. The van der Waals surface area contributed by atoms with E-state index in [0.717, 1.165) is 33.3 Å². The Labute approximate surface area is 368 Å². The summed E-state index contributed by atoms with van der Waals surface area (Å²) in [5, 5.41) is 27.4. The Morgan fingerprint density at radius 1 is 0.391 bits per heavy atom. The average molecular weight is 808 g/mol. The van der Waals surface area contributed by atoms with Gasteiger partial charge in [0.05, 0.1) is 39.8 Å². The highest BCUT2D eigenvalue weighted by Crippen LogP contribution is 2.78. The van der Waals surface area contributed by atoms with Crippen LogP contribution in [-0.2, 0) is 5.41 Å². The first-order valence-electron chi connectivity index (χ1n) is 22.4. The summed E-state index contributed by atoms with van der Waals surface area (Å²) in [6.07, 6.45) is 0. The highest BCUT2D eigenvalue weighted by Gasteiger charge is 2.70. The fourth-order valence-corrected chi connectivity index (χ4v) is 14.3. The Kier molecular flexibility index (Phi) is 5.86. The van der Waals surface area contributed by atoms with E-state index in [4.69, 9.17) is 0 Å². The van der Waals surface area contributed by atoms with Crippen LogP contribution in [0.15, 0.2) is 176 Å². The molecule has 2 aromatic heterocycles. The van der Waals surface area contributed by atoms with Crippen molar-refractivity contribution in [2.45, 2.75) is 29.1 Å². The molecule has 3 atom stereocenters. The number of benzene rings is 9. The van der Waals surface area contributed by atoms with Crippen LogP contribution in [0.2, 0.25) is 0 Å². The molecule has 0 radical (unpaired) electrons. The molecular formula is C61H33N3. The maximum absolute atomic E-state index is 11.3. The SMILES string of the molecule is N#Cc1cc2c(c3c1C1c4ccccc4C3c3ccccc31)c1cc(-c3ccc(-c4ccccc4)cc3)cc3c4c5c(c(C#N)cc4n2c13)C1c2ccccc2C12c1ccccc1C52. The van der Waals surface area contributed by atoms with Crippen molar-refractivity contribution in [1.82, 2.24) is 4.40 Å². The smallest absolute Gasteiger partial charge is 0.0995 e. The van der Waals surface area contributed by atoms with Gasteiger partial charge in [-0.2, -0.15) is 10.5 Å². The molecule has 6 aliphatic carbocycles. The van der Waals surface area contributed by atoms with Crippen LogP contribution in [0.4, 0.5) is 0 Å². The second kappa shape index (κ2) is 11.2. The largest absolute Gasteiger partial charge is 0.308 e. The van der Waals surface area contributed by atoms with Gasteiger partial charge in [-0.3, -0.25) is 0 Å². The second-order valence-electron chi connectivity index (χ2n) is 18.7. The quantitative estimate of drug-likeness (QED) is 0.175. The molecule has 1 spiro atoms. The van der Waals surface area contributed by atoms with Gasteiger partial charge in [0.25, 0.3) is 0 Å². The van der Waals surface area contributed by atoms with Crippen molar-refractivity contribution in [1.29, 1.82) is 10.5 Å². The lowest BCUT2D eigenvalue weighted by atomic mass is 9.43. The Bertz CT molecular complexity index is 4020. The third-order valence-electron chi connectivity index (χ3n) is 16.4. The van der Waals surface area contributed by atoms with Crippen molar-refractivity contribution in [3.8, 4) is 34.4 Å². The van der Waals surface area contributed by atoms with Crippen LogP contribution in [0.1, 0.15) is 102 Å². The first-order valence-corrected chi connectivity index (χ1v) is 22.4. The molecule has 0 amide bonds. The molecule has 0 aliphatic heterocycles. The number of nitriles is 2. The van der Waals surface area contributed by atoms with Crippen molar-refractivity contribution >= 4 is 38.1 Å². The van der Waals surface area contributed by atoms with E-state index in [1.165, 1.54) is 105 Å². The van der Waals surface area contributed by atoms with E-state index in [2.05, 4.69) is 192 Å². The van der Waals surface area contributed by atoms with E-state index in [9.17, 15) is 10.5 Å². The molecule has 3 unspecified atom stereocenters. The molecule has 2 heterocycles. The van der Waals surface area contributed by atoms with Gasteiger partial charge in [0.2, 0.25) is 0 Å². The van der Waals surface area contributed by atoms with E-state index in [0.29, 0.717) is 0 Å². The molecule has 9 aromatic carbocycles. The fraction of sp³-hybridized carbons (Fsp3) is 0.0820. The summed E-state index contributed by atoms with van der Waals surface area (Å²) in [4.78, 5) is 0. The molecule has 0 saturated carbocycles. The first kappa shape index (κ1) is 33.4. The van der Waals surface area contributed by atoms with E-state index in [1.807, 2.05) is 0 Å². The average Bonchev–Trinajstić information content (AvgIpc) is 3.94. The van der Waals surface area contributed by atoms with Crippen LogP contribution in [0.25, 0.3) is 60.3 Å². The highest BCUT2D eigenvalue weighted by atomic mass is 14.9. The van der Waals surface area contributed by atoms with Gasteiger partial charge in [-0.05, 0) is 113 Å². The predicted molar refractivity (Wildman–Crippen MR) is 254 cm³/mol. The third-order valence-corrected chi connectivity index (χ3v) is 16.4. The van der Waals surface area contributed by atoms with Gasteiger partial charge < -0.3 is 4.40 Å². The number of aromatic nitrogens is 1. The van der Waals surface area contributed by atoms with E-state index >= 15 is 0 Å². The predicted octanol–water partition coefficient (Wildman–Crippen LogP) is 13.8. The molecular weight excluding hydrogens is 775 g/mol. The lowest BCUT2D eigenvalue weighted by Crippen LogP contribution is -2.52. The second-order valence-corrected chi connectivity index (χ2v) is 18.7. The summed E-state index contributed by atoms with van der Waals surface area (Å²) in [6, 6.07) is 70.2.